The summed E-state index contributed by atoms with van der Waals surface area (Å²) in [6.07, 6.45) is 1.86. The number of likely N-dealkylation sites (tertiary alicyclic amines) is 1. The van der Waals surface area contributed by atoms with Crippen LogP contribution in [0.4, 0.5) is 10.5 Å². The molecule has 0 radical (unpaired) electrons. The average Bonchev–Trinajstić information content (AvgIpc) is 2.43. The Labute approximate surface area is 129 Å². The van der Waals surface area contributed by atoms with Crippen LogP contribution in [0.3, 0.4) is 0 Å². The van der Waals surface area contributed by atoms with Gasteiger partial charge >= 0.3 is 6.03 Å². The molecule has 4 nitrogen and oxygen atoms in total. The first-order valence-electron chi connectivity index (χ1n) is 6.65. The number of nitrogens with one attached hydrogen (secondary N) is 1. The van der Waals surface area contributed by atoms with Crippen molar-refractivity contribution in [3.63, 3.8) is 0 Å². The van der Waals surface area contributed by atoms with Gasteiger partial charge in [-0.1, -0.05) is 23.2 Å². The molecule has 20 heavy (non-hydrogen) atoms. The van der Waals surface area contributed by atoms with Crippen LogP contribution in [0.2, 0.25) is 10.0 Å². The maximum atomic E-state index is 11.8. The van der Waals surface area contributed by atoms with Gasteiger partial charge in [0.05, 0.1) is 10.0 Å². The summed E-state index contributed by atoms with van der Waals surface area (Å²) in [4.78, 5) is 15.3. The Bertz CT molecular complexity index is 485. The fraction of sp³-hybridized carbons (Fsp3) is 0.500. The summed E-state index contributed by atoms with van der Waals surface area (Å²) >= 11 is 11.9. The lowest BCUT2D eigenvalue weighted by Crippen LogP contribution is -2.46. The van der Waals surface area contributed by atoms with Crippen LogP contribution in [-0.4, -0.2) is 49.1 Å². The van der Waals surface area contributed by atoms with Crippen LogP contribution in [0, 0.1) is 0 Å². The number of urea groups is 1. The molecule has 1 aliphatic heterocycles. The first-order valence-corrected chi connectivity index (χ1v) is 7.41. The molecule has 1 aliphatic rings. The highest BCUT2D eigenvalue weighted by Gasteiger charge is 2.23. The van der Waals surface area contributed by atoms with E-state index >= 15 is 0 Å². The van der Waals surface area contributed by atoms with Crippen LogP contribution in [-0.2, 0) is 0 Å². The fourth-order valence-electron chi connectivity index (χ4n) is 2.32. The predicted octanol–water partition coefficient (Wildman–Crippen LogP) is 3.55. The number of halogens is 2. The van der Waals surface area contributed by atoms with E-state index in [9.17, 15) is 4.79 Å². The number of amides is 2. The maximum Gasteiger partial charge on any atom is 0.319 e. The van der Waals surface area contributed by atoms with Gasteiger partial charge in [-0.15, -0.1) is 0 Å². The molecule has 110 valence electrons. The third-order valence-corrected chi connectivity index (χ3v) is 4.18. The highest BCUT2D eigenvalue weighted by Crippen LogP contribution is 2.26. The molecule has 0 aliphatic carbocycles. The third-order valence-electron chi connectivity index (χ3n) is 3.44. The van der Waals surface area contributed by atoms with Gasteiger partial charge in [-0.05, 0) is 31.0 Å². The zero-order valence-electron chi connectivity index (χ0n) is 11.7. The van der Waals surface area contributed by atoms with Gasteiger partial charge < -0.3 is 15.1 Å². The number of benzene rings is 1. The molecular weight excluding hydrogens is 297 g/mol. The number of piperidine rings is 1. The molecule has 1 saturated heterocycles. The second kappa shape index (κ2) is 6.55. The normalized spacial score (nSPS) is 16.1. The van der Waals surface area contributed by atoms with Crippen molar-refractivity contribution in [3.8, 4) is 0 Å². The quantitative estimate of drug-likeness (QED) is 0.906. The molecule has 0 bridgehead atoms. The summed E-state index contributed by atoms with van der Waals surface area (Å²) < 4.78 is 0. The number of carbonyl (C=O) groups excluding carboxylic acids is 1. The van der Waals surface area contributed by atoms with E-state index in [1.807, 2.05) is 17.0 Å². The Morgan fingerprint density at radius 3 is 2.45 bits per heavy atom. The van der Waals surface area contributed by atoms with E-state index < -0.39 is 0 Å². The van der Waals surface area contributed by atoms with E-state index in [0.717, 1.165) is 31.6 Å². The third kappa shape index (κ3) is 3.70. The highest BCUT2D eigenvalue weighted by atomic mass is 35.5. The second-order valence-corrected chi connectivity index (χ2v) is 6.03. The van der Waals surface area contributed by atoms with E-state index in [2.05, 4.69) is 5.32 Å². The van der Waals surface area contributed by atoms with Gasteiger partial charge in [0.2, 0.25) is 0 Å². The number of hydrogen-bond donors (Lipinski definition) is 1. The Balaban J connectivity index is 1.88. The zero-order chi connectivity index (χ0) is 14.7. The Hall–Kier alpha value is -1.13. The Morgan fingerprint density at radius 2 is 1.90 bits per heavy atom. The van der Waals surface area contributed by atoms with Crippen molar-refractivity contribution >= 4 is 34.9 Å². The topological polar surface area (TPSA) is 35.6 Å². The lowest BCUT2D eigenvalue weighted by molar-refractivity contribution is 0.158. The molecule has 0 saturated carbocycles. The molecule has 6 heteroatoms. The minimum atomic E-state index is 0.0815. The number of carbonyl (C=O) groups is 1. The van der Waals surface area contributed by atoms with Gasteiger partial charge in [-0.3, -0.25) is 0 Å². The van der Waals surface area contributed by atoms with Crippen LogP contribution in [0.1, 0.15) is 12.8 Å². The molecule has 1 fully saturated rings. The van der Waals surface area contributed by atoms with E-state index in [4.69, 9.17) is 23.2 Å². The molecule has 0 unspecified atom stereocenters. The summed E-state index contributed by atoms with van der Waals surface area (Å²) in [5, 5.41) is 4.55. The summed E-state index contributed by atoms with van der Waals surface area (Å²) in [6.45, 7) is 1.55. The second-order valence-electron chi connectivity index (χ2n) is 5.21. The number of hydrogen-bond acceptors (Lipinski definition) is 2. The van der Waals surface area contributed by atoms with Crippen LogP contribution in [0.15, 0.2) is 18.2 Å². The van der Waals surface area contributed by atoms with Crippen LogP contribution in [0.25, 0.3) is 0 Å². The van der Waals surface area contributed by atoms with Crippen molar-refractivity contribution in [1.29, 1.82) is 0 Å². The van der Waals surface area contributed by atoms with Gasteiger partial charge in [0.15, 0.2) is 0 Å². The molecule has 1 aromatic rings. The zero-order valence-corrected chi connectivity index (χ0v) is 13.2. The summed E-state index contributed by atoms with van der Waals surface area (Å²) in [5.74, 6) is 0. The monoisotopic (exact) mass is 315 g/mol. The molecule has 0 aromatic heterocycles. The van der Waals surface area contributed by atoms with E-state index in [0.29, 0.717) is 16.1 Å². The van der Waals surface area contributed by atoms with E-state index in [-0.39, 0.29) is 6.03 Å². The highest BCUT2D eigenvalue weighted by molar-refractivity contribution is 6.42. The van der Waals surface area contributed by atoms with Crippen LogP contribution < -0.4 is 5.32 Å². The number of nitrogens with zero attached hydrogens (tertiary/aromatic N) is 2. The fourth-order valence-corrected chi connectivity index (χ4v) is 2.62. The Morgan fingerprint density at radius 1 is 1.25 bits per heavy atom. The van der Waals surface area contributed by atoms with Gasteiger partial charge in [0.25, 0.3) is 0 Å². The van der Waals surface area contributed by atoms with Crippen LogP contribution >= 0.6 is 23.2 Å². The van der Waals surface area contributed by atoms with Crippen molar-refractivity contribution in [2.75, 3.05) is 32.5 Å². The number of anilines is 1. The van der Waals surface area contributed by atoms with Crippen molar-refractivity contribution in [3.05, 3.63) is 28.2 Å². The van der Waals surface area contributed by atoms with Crippen molar-refractivity contribution in [2.45, 2.75) is 18.9 Å². The van der Waals surface area contributed by atoms with Crippen molar-refractivity contribution < 1.29 is 4.79 Å². The van der Waals surface area contributed by atoms with Crippen molar-refractivity contribution in [2.24, 2.45) is 0 Å². The van der Waals surface area contributed by atoms with E-state index in [1.165, 1.54) is 0 Å². The number of rotatable bonds is 2. The van der Waals surface area contributed by atoms with Gasteiger partial charge in [-0.2, -0.15) is 0 Å². The molecule has 1 N–H and O–H groups in total. The minimum Gasteiger partial charge on any atom is -0.382 e. The first-order chi connectivity index (χ1) is 9.47. The minimum absolute atomic E-state index is 0.0815. The van der Waals surface area contributed by atoms with Crippen molar-refractivity contribution in [1.82, 2.24) is 9.80 Å². The molecule has 2 rings (SSSR count). The van der Waals surface area contributed by atoms with E-state index in [1.54, 1.807) is 25.1 Å². The molecule has 2 amide bonds. The maximum absolute atomic E-state index is 11.8. The predicted molar refractivity (Wildman–Crippen MR) is 83.8 cm³/mol. The molecule has 1 aromatic carbocycles. The molecule has 0 spiro atoms. The lowest BCUT2D eigenvalue weighted by atomic mass is 10.0. The van der Waals surface area contributed by atoms with Crippen LogP contribution in [0.5, 0.6) is 0 Å². The van der Waals surface area contributed by atoms with Gasteiger partial charge in [0, 0.05) is 38.9 Å². The first kappa shape index (κ1) is 15.3. The van der Waals surface area contributed by atoms with Gasteiger partial charge in [-0.25, -0.2) is 4.79 Å². The SMILES string of the molecule is CN(C)C(=O)N1CCC(Nc2ccc(Cl)c(Cl)c2)CC1. The molecule has 0 atom stereocenters. The standard InChI is InChI=1S/C14H19Cl2N3O/c1-18(2)14(20)19-7-5-10(6-8-19)17-11-3-4-12(15)13(16)9-11/h3-4,9-10,17H,5-8H2,1-2H3. The average molecular weight is 316 g/mol. The summed E-state index contributed by atoms with van der Waals surface area (Å²) in [6, 6.07) is 5.99. The Kier molecular flexibility index (Phi) is 5.00. The van der Waals surface area contributed by atoms with Gasteiger partial charge in [0.1, 0.15) is 0 Å². The molecule has 1 heterocycles. The summed E-state index contributed by atoms with van der Waals surface area (Å²) in [5.41, 5.74) is 0.969. The smallest absolute Gasteiger partial charge is 0.319 e. The molecular formula is C14H19Cl2N3O. The largest absolute Gasteiger partial charge is 0.382 e. The lowest BCUT2D eigenvalue weighted by Gasteiger charge is -2.34. The summed E-state index contributed by atoms with van der Waals surface area (Å²) in [7, 11) is 3.56.